The normalized spacial score (nSPS) is 11.0. The number of amides is 1. The Kier molecular flexibility index (Phi) is 7.79. The lowest BCUT2D eigenvalue weighted by molar-refractivity contribution is -0.119. The second-order valence-corrected chi connectivity index (χ2v) is 8.27. The van der Waals surface area contributed by atoms with Gasteiger partial charge in [0.05, 0.1) is 17.0 Å². The zero-order valence-electron chi connectivity index (χ0n) is 14.3. The Morgan fingerprint density at radius 1 is 1.15 bits per heavy atom. The molecule has 0 aliphatic heterocycles. The molecule has 0 spiro atoms. The molecule has 0 aliphatic carbocycles. The van der Waals surface area contributed by atoms with Crippen LogP contribution in [0.5, 0.6) is 0 Å². The zero-order valence-corrected chi connectivity index (χ0v) is 15.9. The number of rotatable bonds is 9. The van der Waals surface area contributed by atoms with Crippen LogP contribution < -0.4 is 10.0 Å². The Morgan fingerprint density at radius 3 is 2.59 bits per heavy atom. The standard InChI is InChI=1S/C18H18FN3O3S2/c19-16-7-3-1-6-15(16)13-26-10-9-21-18(23)12-22-27(24,25)17-8-4-2-5-14(17)11-20/h1-8,22H,9-10,12-13H2,(H,21,23). The van der Waals surface area contributed by atoms with E-state index in [0.29, 0.717) is 23.6 Å². The summed E-state index contributed by atoms with van der Waals surface area (Å²) in [6, 6.07) is 14.0. The Balaban J connectivity index is 1.73. The SMILES string of the molecule is N#Cc1ccccc1S(=O)(=O)NCC(=O)NCCSCc1ccccc1F. The number of hydrogen-bond acceptors (Lipinski definition) is 5. The highest BCUT2D eigenvalue weighted by molar-refractivity contribution is 7.98. The van der Waals surface area contributed by atoms with E-state index in [1.54, 1.807) is 30.3 Å². The Morgan fingerprint density at radius 2 is 1.85 bits per heavy atom. The fourth-order valence-electron chi connectivity index (χ4n) is 2.15. The molecule has 2 aromatic rings. The average Bonchev–Trinajstić information content (AvgIpc) is 2.67. The van der Waals surface area contributed by atoms with Gasteiger partial charge >= 0.3 is 0 Å². The second kappa shape index (κ2) is 10.1. The first-order chi connectivity index (χ1) is 12.9. The Bertz CT molecular complexity index is 943. The third-order valence-corrected chi connectivity index (χ3v) is 5.97. The van der Waals surface area contributed by atoms with Gasteiger partial charge in [0.25, 0.3) is 0 Å². The monoisotopic (exact) mass is 407 g/mol. The molecule has 142 valence electrons. The first kappa shape index (κ1) is 20.9. The molecule has 2 aromatic carbocycles. The number of hydrogen-bond donors (Lipinski definition) is 2. The van der Waals surface area contributed by atoms with Crippen LogP contribution in [0, 0.1) is 17.1 Å². The number of nitrogens with one attached hydrogen (secondary N) is 2. The number of nitrogens with zero attached hydrogens (tertiary/aromatic N) is 1. The number of nitriles is 1. The summed E-state index contributed by atoms with van der Waals surface area (Å²) in [5, 5.41) is 11.6. The van der Waals surface area contributed by atoms with Crippen molar-refractivity contribution in [2.75, 3.05) is 18.8 Å². The molecule has 0 unspecified atom stereocenters. The second-order valence-electron chi connectivity index (χ2n) is 5.43. The quantitative estimate of drug-likeness (QED) is 0.620. The Labute approximate surface area is 161 Å². The molecule has 0 saturated carbocycles. The van der Waals surface area contributed by atoms with Gasteiger partial charge < -0.3 is 5.32 Å². The third kappa shape index (κ3) is 6.36. The first-order valence-corrected chi connectivity index (χ1v) is 10.6. The fourth-order valence-corrected chi connectivity index (χ4v) is 4.14. The number of carbonyl (C=O) groups excluding carboxylic acids is 1. The number of thioether (sulfide) groups is 1. The smallest absolute Gasteiger partial charge is 0.242 e. The lowest BCUT2D eigenvalue weighted by Crippen LogP contribution is -2.37. The van der Waals surface area contributed by atoms with Gasteiger partial charge in [-0.05, 0) is 23.8 Å². The van der Waals surface area contributed by atoms with Crippen LogP contribution in [0.2, 0.25) is 0 Å². The molecule has 0 saturated heterocycles. The molecule has 2 N–H and O–H groups in total. The van der Waals surface area contributed by atoms with Gasteiger partial charge in [-0.15, -0.1) is 0 Å². The van der Waals surface area contributed by atoms with Gasteiger partial charge in [0.1, 0.15) is 11.9 Å². The molecule has 1 amide bonds. The molecule has 2 rings (SSSR count). The third-order valence-electron chi connectivity index (χ3n) is 3.50. The van der Waals surface area contributed by atoms with E-state index < -0.39 is 22.5 Å². The minimum absolute atomic E-state index is 0.00922. The molecule has 6 nitrogen and oxygen atoms in total. The predicted octanol–water partition coefficient (Wildman–Crippen LogP) is 2.03. The number of halogens is 1. The van der Waals surface area contributed by atoms with Crippen molar-refractivity contribution in [1.29, 1.82) is 5.26 Å². The molecule has 0 atom stereocenters. The summed E-state index contributed by atoms with van der Waals surface area (Å²) >= 11 is 1.46. The van der Waals surface area contributed by atoms with E-state index >= 15 is 0 Å². The maximum absolute atomic E-state index is 13.5. The average molecular weight is 407 g/mol. The summed E-state index contributed by atoms with van der Waals surface area (Å²) in [7, 11) is -3.95. The van der Waals surface area contributed by atoms with Gasteiger partial charge in [-0.1, -0.05) is 30.3 Å². The Hall–Kier alpha value is -2.41. The highest BCUT2D eigenvalue weighted by Gasteiger charge is 2.18. The van der Waals surface area contributed by atoms with E-state index in [0.717, 1.165) is 0 Å². The van der Waals surface area contributed by atoms with Crippen LogP contribution in [-0.2, 0) is 20.6 Å². The minimum atomic E-state index is -3.95. The molecule has 27 heavy (non-hydrogen) atoms. The van der Waals surface area contributed by atoms with Crippen LogP contribution in [-0.4, -0.2) is 33.2 Å². The minimum Gasteiger partial charge on any atom is -0.354 e. The zero-order chi connectivity index (χ0) is 19.7. The van der Waals surface area contributed by atoms with Crippen molar-refractivity contribution in [1.82, 2.24) is 10.0 Å². The summed E-state index contributed by atoms with van der Waals surface area (Å²) in [4.78, 5) is 11.6. The molecule has 0 heterocycles. The number of benzene rings is 2. The number of sulfonamides is 1. The van der Waals surface area contributed by atoms with Crippen LogP contribution in [0.1, 0.15) is 11.1 Å². The highest BCUT2D eigenvalue weighted by atomic mass is 32.2. The van der Waals surface area contributed by atoms with E-state index in [1.807, 2.05) is 0 Å². The van der Waals surface area contributed by atoms with E-state index in [4.69, 9.17) is 5.26 Å². The summed E-state index contributed by atoms with van der Waals surface area (Å²) in [6.07, 6.45) is 0. The summed E-state index contributed by atoms with van der Waals surface area (Å²) in [6.45, 7) is -0.103. The van der Waals surface area contributed by atoms with E-state index in [2.05, 4.69) is 10.0 Å². The van der Waals surface area contributed by atoms with Gasteiger partial charge in [0.15, 0.2) is 0 Å². The summed E-state index contributed by atoms with van der Waals surface area (Å²) < 4.78 is 40.0. The van der Waals surface area contributed by atoms with Crippen LogP contribution in [0.3, 0.4) is 0 Å². The van der Waals surface area contributed by atoms with Crippen LogP contribution >= 0.6 is 11.8 Å². The van der Waals surface area contributed by atoms with Crippen molar-refractivity contribution in [3.63, 3.8) is 0 Å². The van der Waals surface area contributed by atoms with Gasteiger partial charge in [-0.25, -0.2) is 17.5 Å². The van der Waals surface area contributed by atoms with Gasteiger partial charge in [0.2, 0.25) is 15.9 Å². The van der Waals surface area contributed by atoms with Crippen LogP contribution in [0.4, 0.5) is 4.39 Å². The topological polar surface area (TPSA) is 99.1 Å². The van der Waals surface area contributed by atoms with E-state index in [1.165, 1.54) is 36.0 Å². The molecule has 0 fully saturated rings. The van der Waals surface area contributed by atoms with Crippen molar-refractivity contribution < 1.29 is 17.6 Å². The molecular weight excluding hydrogens is 389 g/mol. The fraction of sp³-hybridized carbons (Fsp3) is 0.222. The largest absolute Gasteiger partial charge is 0.354 e. The van der Waals surface area contributed by atoms with E-state index in [-0.39, 0.29) is 16.3 Å². The van der Waals surface area contributed by atoms with Crippen LogP contribution in [0.25, 0.3) is 0 Å². The maximum Gasteiger partial charge on any atom is 0.242 e. The van der Waals surface area contributed by atoms with Crippen LogP contribution in [0.15, 0.2) is 53.4 Å². The van der Waals surface area contributed by atoms with Gasteiger partial charge in [0, 0.05) is 18.1 Å². The van der Waals surface area contributed by atoms with Crippen molar-refractivity contribution in [2.45, 2.75) is 10.6 Å². The summed E-state index contributed by atoms with van der Waals surface area (Å²) in [5.74, 6) is 0.296. The van der Waals surface area contributed by atoms with Crippen molar-refractivity contribution in [2.24, 2.45) is 0 Å². The molecule has 0 radical (unpaired) electrons. The molecular formula is C18H18FN3O3S2. The van der Waals surface area contributed by atoms with Gasteiger partial charge in [-0.3, -0.25) is 4.79 Å². The molecule has 0 aromatic heterocycles. The first-order valence-electron chi connectivity index (χ1n) is 8.00. The molecule has 0 aliphatic rings. The summed E-state index contributed by atoms with van der Waals surface area (Å²) in [5.41, 5.74) is 0.604. The molecule has 9 heteroatoms. The lowest BCUT2D eigenvalue weighted by atomic mass is 10.2. The highest BCUT2D eigenvalue weighted by Crippen LogP contribution is 2.15. The van der Waals surface area contributed by atoms with Crippen molar-refractivity contribution in [3.05, 3.63) is 65.5 Å². The predicted molar refractivity (Wildman–Crippen MR) is 102 cm³/mol. The number of carbonyl (C=O) groups is 1. The lowest BCUT2D eigenvalue weighted by Gasteiger charge is -2.09. The van der Waals surface area contributed by atoms with Crippen molar-refractivity contribution >= 4 is 27.7 Å². The maximum atomic E-state index is 13.5. The van der Waals surface area contributed by atoms with E-state index in [9.17, 15) is 17.6 Å². The molecule has 0 bridgehead atoms. The van der Waals surface area contributed by atoms with Crippen molar-refractivity contribution in [3.8, 4) is 6.07 Å². The van der Waals surface area contributed by atoms with Gasteiger partial charge in [-0.2, -0.15) is 17.0 Å².